The third-order valence-electron chi connectivity index (χ3n) is 7.49. The topological polar surface area (TPSA) is 110 Å². The van der Waals surface area contributed by atoms with Crippen molar-refractivity contribution in [2.45, 2.75) is 70.3 Å². The molecule has 1 N–H and O–H groups in total. The number of hydrogen-bond acceptors (Lipinski definition) is 7. The lowest BCUT2D eigenvalue weighted by Crippen LogP contribution is -2.51. The monoisotopic (exact) mass is 583 g/mol. The van der Waals surface area contributed by atoms with E-state index in [1.165, 1.54) is 23.1 Å². The fourth-order valence-electron chi connectivity index (χ4n) is 5.21. The van der Waals surface area contributed by atoms with Crippen LogP contribution < -0.4 is 10.1 Å². The van der Waals surface area contributed by atoms with E-state index in [1.807, 2.05) is 6.07 Å². The van der Waals surface area contributed by atoms with Crippen LogP contribution in [-0.4, -0.2) is 67.6 Å². The summed E-state index contributed by atoms with van der Waals surface area (Å²) in [7, 11) is 0. The summed E-state index contributed by atoms with van der Waals surface area (Å²) in [4.78, 5) is 27.3. The first-order valence-electron chi connectivity index (χ1n) is 14.2. The zero-order valence-corrected chi connectivity index (χ0v) is 24.0. The molecule has 0 aliphatic carbocycles. The minimum atomic E-state index is -1.07. The van der Waals surface area contributed by atoms with Crippen LogP contribution in [0.4, 0.5) is 13.6 Å². The Morgan fingerprint density at radius 1 is 1.14 bits per heavy atom. The molecule has 0 radical (unpaired) electrons. The predicted octanol–water partition coefficient (Wildman–Crippen LogP) is 4.60. The van der Waals surface area contributed by atoms with E-state index in [-0.39, 0.29) is 36.9 Å². The van der Waals surface area contributed by atoms with E-state index in [2.05, 4.69) is 5.32 Å². The van der Waals surface area contributed by atoms with Gasteiger partial charge in [-0.1, -0.05) is 0 Å². The number of ether oxygens (including phenoxy) is 4. The number of nitrogens with zero attached hydrogens (tertiary/aromatic N) is 2. The molecule has 224 valence electrons. The maximum Gasteiger partial charge on any atom is 0.410 e. The second-order valence-corrected chi connectivity index (χ2v) is 11.9. The number of nitrogens with one attached hydrogen (secondary N) is 1. The minimum Gasteiger partial charge on any atom is -0.488 e. The van der Waals surface area contributed by atoms with Crippen LogP contribution in [-0.2, 0) is 32.0 Å². The fraction of sp³-hybridized carbons (Fsp3) is 0.516. The number of benzene rings is 2. The average molecular weight is 584 g/mol. The highest BCUT2D eigenvalue weighted by atomic mass is 19.1. The van der Waals surface area contributed by atoms with Crippen LogP contribution in [0.25, 0.3) is 11.1 Å². The van der Waals surface area contributed by atoms with Crippen molar-refractivity contribution in [2.75, 3.05) is 32.9 Å². The second-order valence-electron chi connectivity index (χ2n) is 11.9. The first kappa shape index (κ1) is 29.7. The van der Waals surface area contributed by atoms with E-state index in [4.69, 9.17) is 18.9 Å². The summed E-state index contributed by atoms with van der Waals surface area (Å²) in [6.07, 6.45) is -0.330. The van der Waals surface area contributed by atoms with E-state index in [9.17, 15) is 19.2 Å². The molecule has 2 atom stereocenters. The number of carbonyl (C=O) groups excluding carboxylic acids is 2. The van der Waals surface area contributed by atoms with Crippen molar-refractivity contribution in [3.63, 3.8) is 0 Å². The molecule has 3 heterocycles. The quantitative estimate of drug-likeness (QED) is 0.548. The highest BCUT2D eigenvalue weighted by Crippen LogP contribution is 2.42. The minimum absolute atomic E-state index is 0.0328. The van der Waals surface area contributed by atoms with Crippen LogP contribution in [0, 0.1) is 23.0 Å². The first-order chi connectivity index (χ1) is 20.0. The number of fused-ring (bicyclic) bond motifs is 3. The highest BCUT2D eigenvalue weighted by molar-refractivity contribution is 5.82. The van der Waals surface area contributed by atoms with Gasteiger partial charge in [-0.2, -0.15) is 5.26 Å². The molecule has 3 aliphatic rings. The summed E-state index contributed by atoms with van der Waals surface area (Å²) >= 11 is 0. The van der Waals surface area contributed by atoms with Gasteiger partial charge in [-0.3, -0.25) is 4.79 Å². The molecule has 0 saturated carbocycles. The Labute approximate surface area is 243 Å². The molecule has 3 aliphatic heterocycles. The normalized spacial score (nSPS) is 19.5. The summed E-state index contributed by atoms with van der Waals surface area (Å²) in [5.74, 6) is -1.10. The SMILES string of the molecule is CC(C)(C)OC(=O)N1CCCCO[C@H](C(=O)NC(C#N)Cc2cc3c(cc2F)-c2cc(C4COC4)c(F)cc2CO3)C1. The molecule has 1 unspecified atom stereocenters. The molecule has 2 amide bonds. The molecule has 9 nitrogen and oxygen atoms in total. The Morgan fingerprint density at radius 2 is 1.93 bits per heavy atom. The number of carbonyl (C=O) groups is 2. The van der Waals surface area contributed by atoms with Crippen molar-refractivity contribution >= 4 is 12.0 Å². The van der Waals surface area contributed by atoms with Crippen LogP contribution in [0.3, 0.4) is 0 Å². The van der Waals surface area contributed by atoms with Crippen LogP contribution in [0.2, 0.25) is 0 Å². The maximum atomic E-state index is 15.4. The van der Waals surface area contributed by atoms with Crippen LogP contribution in [0.1, 0.15) is 56.2 Å². The molecule has 2 saturated heterocycles. The van der Waals surface area contributed by atoms with E-state index in [0.29, 0.717) is 67.2 Å². The molecule has 2 fully saturated rings. The molecular weight excluding hydrogens is 548 g/mol. The van der Waals surface area contributed by atoms with Gasteiger partial charge in [0.1, 0.15) is 35.6 Å². The van der Waals surface area contributed by atoms with Crippen molar-refractivity contribution in [1.29, 1.82) is 5.26 Å². The van der Waals surface area contributed by atoms with Crippen LogP contribution >= 0.6 is 0 Å². The molecule has 2 aromatic carbocycles. The lowest BCUT2D eigenvalue weighted by molar-refractivity contribution is -0.135. The Morgan fingerprint density at radius 3 is 2.62 bits per heavy atom. The van der Waals surface area contributed by atoms with E-state index in [0.717, 1.165) is 0 Å². The van der Waals surface area contributed by atoms with Gasteiger partial charge in [-0.15, -0.1) is 0 Å². The third-order valence-corrected chi connectivity index (χ3v) is 7.49. The summed E-state index contributed by atoms with van der Waals surface area (Å²) in [5, 5.41) is 12.4. The van der Waals surface area contributed by atoms with E-state index in [1.54, 1.807) is 26.8 Å². The summed E-state index contributed by atoms with van der Waals surface area (Å²) in [6, 6.07) is 6.98. The smallest absolute Gasteiger partial charge is 0.410 e. The van der Waals surface area contributed by atoms with Gasteiger partial charge < -0.3 is 29.2 Å². The summed E-state index contributed by atoms with van der Waals surface area (Å²) in [6.45, 7) is 7.00. The number of hydrogen-bond donors (Lipinski definition) is 1. The summed E-state index contributed by atoms with van der Waals surface area (Å²) in [5.41, 5.74) is 1.85. The van der Waals surface area contributed by atoms with Crippen molar-refractivity contribution in [1.82, 2.24) is 10.2 Å². The Hall–Kier alpha value is -3.75. The second kappa shape index (κ2) is 12.2. The van der Waals surface area contributed by atoms with Crippen molar-refractivity contribution in [3.05, 3.63) is 52.6 Å². The van der Waals surface area contributed by atoms with Crippen LogP contribution in [0.5, 0.6) is 5.75 Å². The maximum absolute atomic E-state index is 15.4. The molecule has 0 spiro atoms. The number of nitriles is 1. The molecule has 2 aromatic rings. The number of halogens is 2. The van der Waals surface area contributed by atoms with Gasteiger partial charge in [0.25, 0.3) is 5.91 Å². The number of amides is 2. The third kappa shape index (κ3) is 6.66. The van der Waals surface area contributed by atoms with Crippen molar-refractivity contribution in [3.8, 4) is 22.9 Å². The van der Waals surface area contributed by atoms with Gasteiger partial charge in [-0.05, 0) is 74.6 Å². The van der Waals surface area contributed by atoms with Crippen molar-refractivity contribution in [2.24, 2.45) is 0 Å². The Balaban J connectivity index is 1.29. The fourth-order valence-corrected chi connectivity index (χ4v) is 5.21. The Bertz CT molecular complexity index is 1400. The van der Waals surface area contributed by atoms with E-state index < -0.39 is 35.6 Å². The molecule has 0 aromatic heterocycles. The van der Waals surface area contributed by atoms with E-state index >= 15 is 4.39 Å². The van der Waals surface area contributed by atoms with Gasteiger partial charge in [0.15, 0.2) is 6.10 Å². The van der Waals surface area contributed by atoms with Gasteiger partial charge in [-0.25, -0.2) is 13.6 Å². The van der Waals surface area contributed by atoms with Gasteiger partial charge >= 0.3 is 6.09 Å². The molecular formula is C31H35F2N3O6. The summed E-state index contributed by atoms with van der Waals surface area (Å²) < 4.78 is 52.3. The lowest BCUT2D eigenvalue weighted by Gasteiger charge is -2.31. The Kier molecular flexibility index (Phi) is 8.66. The predicted molar refractivity (Wildman–Crippen MR) is 148 cm³/mol. The zero-order chi connectivity index (χ0) is 30.0. The number of rotatable bonds is 5. The van der Waals surface area contributed by atoms with Crippen LogP contribution in [0.15, 0.2) is 24.3 Å². The average Bonchev–Trinajstić information content (AvgIpc) is 2.87. The zero-order valence-electron chi connectivity index (χ0n) is 24.0. The van der Waals surface area contributed by atoms with Gasteiger partial charge in [0.2, 0.25) is 0 Å². The van der Waals surface area contributed by atoms with Gasteiger partial charge in [0.05, 0.1) is 25.8 Å². The van der Waals surface area contributed by atoms with Crippen molar-refractivity contribution < 1.29 is 37.3 Å². The largest absolute Gasteiger partial charge is 0.488 e. The van der Waals surface area contributed by atoms with Gasteiger partial charge in [0, 0.05) is 36.6 Å². The molecule has 11 heteroatoms. The molecule has 5 rings (SSSR count). The lowest BCUT2D eigenvalue weighted by atomic mass is 9.88. The first-order valence-corrected chi connectivity index (χ1v) is 14.2. The highest BCUT2D eigenvalue weighted by Gasteiger charge is 2.32. The molecule has 42 heavy (non-hydrogen) atoms. The standard InChI is InChI=1S/C31H35F2N3O6/c1-31(2,3)42-30(38)36-6-4-5-7-40-28(14-36)29(37)35-21(13-34)8-18-10-27-24(12-25(18)32)22-11-23(20-15-39-16-20)26(33)9-19(22)17-41-27/h9-12,20-21,28H,4-8,14-17H2,1-3H3,(H,35,37)/t21?,28-/m0/s1. The molecule has 0 bridgehead atoms.